The SMILES string of the molecule is C=CCc1cc(-c2cc(F)cc(F)c2)co1. The molecule has 0 unspecified atom stereocenters. The molecule has 2 rings (SSSR count). The average molecular weight is 220 g/mol. The van der Waals surface area contributed by atoms with Crippen molar-refractivity contribution in [2.45, 2.75) is 6.42 Å². The average Bonchev–Trinajstić information content (AvgIpc) is 2.65. The van der Waals surface area contributed by atoms with E-state index in [1.54, 1.807) is 12.1 Å². The summed E-state index contributed by atoms with van der Waals surface area (Å²) < 4.78 is 31.2. The number of rotatable bonds is 3. The Morgan fingerprint density at radius 1 is 1.06 bits per heavy atom. The molecule has 82 valence electrons. The maximum Gasteiger partial charge on any atom is 0.126 e. The van der Waals surface area contributed by atoms with Gasteiger partial charge in [0.1, 0.15) is 17.4 Å². The molecule has 16 heavy (non-hydrogen) atoms. The summed E-state index contributed by atoms with van der Waals surface area (Å²) in [7, 11) is 0. The van der Waals surface area contributed by atoms with Gasteiger partial charge in [-0.1, -0.05) is 6.08 Å². The number of allylic oxidation sites excluding steroid dienone is 1. The van der Waals surface area contributed by atoms with E-state index in [1.165, 1.54) is 18.4 Å². The Balaban J connectivity index is 2.38. The van der Waals surface area contributed by atoms with Crippen molar-refractivity contribution in [3.8, 4) is 11.1 Å². The van der Waals surface area contributed by atoms with Crippen LogP contribution in [0.25, 0.3) is 11.1 Å². The number of benzene rings is 1. The summed E-state index contributed by atoms with van der Waals surface area (Å²) >= 11 is 0. The van der Waals surface area contributed by atoms with E-state index >= 15 is 0 Å². The highest BCUT2D eigenvalue weighted by molar-refractivity contribution is 5.62. The Kier molecular flexibility index (Phi) is 2.86. The van der Waals surface area contributed by atoms with Crippen molar-refractivity contribution >= 4 is 0 Å². The molecular weight excluding hydrogens is 210 g/mol. The molecular formula is C13H10F2O. The zero-order valence-electron chi connectivity index (χ0n) is 8.54. The van der Waals surface area contributed by atoms with Crippen molar-refractivity contribution in [1.82, 2.24) is 0 Å². The smallest absolute Gasteiger partial charge is 0.126 e. The predicted molar refractivity (Wildman–Crippen MR) is 58.0 cm³/mol. The van der Waals surface area contributed by atoms with Gasteiger partial charge in [-0.3, -0.25) is 0 Å². The summed E-state index contributed by atoms with van der Waals surface area (Å²) in [5.41, 5.74) is 1.13. The minimum atomic E-state index is -0.596. The number of hydrogen-bond acceptors (Lipinski definition) is 1. The molecule has 0 radical (unpaired) electrons. The topological polar surface area (TPSA) is 13.1 Å². The maximum atomic E-state index is 13.0. The van der Waals surface area contributed by atoms with Crippen LogP contribution in [0.5, 0.6) is 0 Å². The van der Waals surface area contributed by atoms with E-state index in [4.69, 9.17) is 4.42 Å². The van der Waals surface area contributed by atoms with Crippen LogP contribution in [0.15, 0.2) is 47.6 Å². The molecule has 0 amide bonds. The molecule has 0 saturated carbocycles. The standard InChI is InChI=1S/C13H10F2O/c1-2-3-13-6-10(8-16-13)9-4-11(14)7-12(15)5-9/h2,4-8H,1,3H2. The van der Waals surface area contributed by atoms with Crippen LogP contribution in [-0.4, -0.2) is 0 Å². The van der Waals surface area contributed by atoms with Crippen LogP contribution in [0, 0.1) is 11.6 Å². The number of furan rings is 1. The minimum absolute atomic E-state index is 0.469. The lowest BCUT2D eigenvalue weighted by atomic mass is 10.1. The normalized spacial score (nSPS) is 10.4. The van der Waals surface area contributed by atoms with Gasteiger partial charge < -0.3 is 4.42 Å². The quantitative estimate of drug-likeness (QED) is 0.714. The van der Waals surface area contributed by atoms with Gasteiger partial charge in [-0.05, 0) is 23.8 Å². The molecule has 1 aromatic heterocycles. The summed E-state index contributed by atoms with van der Waals surface area (Å²) in [6.45, 7) is 3.59. The molecule has 0 N–H and O–H groups in total. The van der Waals surface area contributed by atoms with Crippen LogP contribution in [0.1, 0.15) is 5.76 Å². The first-order valence-electron chi connectivity index (χ1n) is 4.84. The van der Waals surface area contributed by atoms with Crippen LogP contribution in [-0.2, 0) is 6.42 Å². The Morgan fingerprint density at radius 2 is 1.75 bits per heavy atom. The second-order valence-corrected chi connectivity index (χ2v) is 3.45. The first kappa shape index (κ1) is 10.6. The van der Waals surface area contributed by atoms with Gasteiger partial charge in [-0.15, -0.1) is 6.58 Å². The lowest BCUT2D eigenvalue weighted by Gasteiger charge is -1.97. The number of halogens is 2. The highest BCUT2D eigenvalue weighted by atomic mass is 19.1. The second-order valence-electron chi connectivity index (χ2n) is 3.45. The largest absolute Gasteiger partial charge is 0.468 e. The van der Waals surface area contributed by atoms with Crippen molar-refractivity contribution < 1.29 is 13.2 Å². The van der Waals surface area contributed by atoms with Gasteiger partial charge in [0.05, 0.1) is 6.26 Å². The summed E-state index contributed by atoms with van der Waals surface area (Å²) in [4.78, 5) is 0. The molecule has 0 saturated heterocycles. The van der Waals surface area contributed by atoms with Gasteiger partial charge >= 0.3 is 0 Å². The maximum absolute atomic E-state index is 13.0. The van der Waals surface area contributed by atoms with E-state index in [2.05, 4.69) is 6.58 Å². The third-order valence-corrected chi connectivity index (χ3v) is 2.20. The van der Waals surface area contributed by atoms with E-state index in [0.717, 1.165) is 11.8 Å². The van der Waals surface area contributed by atoms with Crippen LogP contribution in [0.3, 0.4) is 0 Å². The van der Waals surface area contributed by atoms with Crippen molar-refractivity contribution in [3.05, 3.63) is 60.6 Å². The number of hydrogen-bond donors (Lipinski definition) is 0. The Hall–Kier alpha value is -1.90. The highest BCUT2D eigenvalue weighted by Crippen LogP contribution is 2.24. The fraction of sp³-hybridized carbons (Fsp3) is 0.0769. The lowest BCUT2D eigenvalue weighted by Crippen LogP contribution is -1.82. The van der Waals surface area contributed by atoms with Gasteiger partial charge in [-0.25, -0.2) is 8.78 Å². The molecule has 0 aliphatic carbocycles. The second kappa shape index (κ2) is 4.31. The summed E-state index contributed by atoms with van der Waals surface area (Å²) in [6, 6.07) is 5.13. The molecule has 3 heteroatoms. The Morgan fingerprint density at radius 3 is 2.38 bits per heavy atom. The van der Waals surface area contributed by atoms with E-state index in [-0.39, 0.29) is 0 Å². The predicted octanol–water partition coefficient (Wildman–Crippen LogP) is 3.95. The first-order chi connectivity index (χ1) is 7.69. The summed E-state index contributed by atoms with van der Waals surface area (Å²) in [5.74, 6) is -0.474. The monoisotopic (exact) mass is 220 g/mol. The lowest BCUT2D eigenvalue weighted by molar-refractivity contribution is 0.523. The molecule has 1 aromatic carbocycles. The van der Waals surface area contributed by atoms with Crippen molar-refractivity contribution in [2.24, 2.45) is 0 Å². The van der Waals surface area contributed by atoms with E-state index in [1.807, 2.05) is 0 Å². The zero-order chi connectivity index (χ0) is 11.5. The summed E-state index contributed by atoms with van der Waals surface area (Å²) in [6.07, 6.45) is 3.78. The molecule has 1 heterocycles. The van der Waals surface area contributed by atoms with E-state index in [9.17, 15) is 8.78 Å². The Labute approximate surface area is 92.0 Å². The Bertz CT molecular complexity index is 494. The van der Waals surface area contributed by atoms with Crippen molar-refractivity contribution in [1.29, 1.82) is 0 Å². The van der Waals surface area contributed by atoms with Crippen LogP contribution in [0.2, 0.25) is 0 Å². The fourth-order valence-corrected chi connectivity index (χ4v) is 1.50. The van der Waals surface area contributed by atoms with Crippen LogP contribution in [0.4, 0.5) is 8.78 Å². The zero-order valence-corrected chi connectivity index (χ0v) is 8.54. The third kappa shape index (κ3) is 2.19. The van der Waals surface area contributed by atoms with Crippen LogP contribution >= 0.6 is 0 Å². The molecule has 0 atom stereocenters. The third-order valence-electron chi connectivity index (χ3n) is 2.20. The molecule has 0 bridgehead atoms. The van der Waals surface area contributed by atoms with Crippen molar-refractivity contribution in [2.75, 3.05) is 0 Å². The molecule has 0 aliphatic heterocycles. The van der Waals surface area contributed by atoms with E-state index < -0.39 is 11.6 Å². The fourth-order valence-electron chi connectivity index (χ4n) is 1.50. The molecule has 2 aromatic rings. The first-order valence-corrected chi connectivity index (χ1v) is 4.84. The highest BCUT2D eigenvalue weighted by Gasteiger charge is 2.06. The van der Waals surface area contributed by atoms with Crippen molar-refractivity contribution in [3.63, 3.8) is 0 Å². The molecule has 1 nitrogen and oxygen atoms in total. The van der Waals surface area contributed by atoms with E-state index in [0.29, 0.717) is 17.5 Å². The molecule has 0 fully saturated rings. The molecule has 0 aliphatic rings. The van der Waals surface area contributed by atoms with Gasteiger partial charge in [0, 0.05) is 18.1 Å². The summed E-state index contributed by atoms with van der Waals surface area (Å²) in [5, 5.41) is 0. The van der Waals surface area contributed by atoms with Gasteiger partial charge in [0.2, 0.25) is 0 Å². The van der Waals surface area contributed by atoms with Gasteiger partial charge in [-0.2, -0.15) is 0 Å². The van der Waals surface area contributed by atoms with Gasteiger partial charge in [0.15, 0.2) is 0 Å². The van der Waals surface area contributed by atoms with Gasteiger partial charge in [0.25, 0.3) is 0 Å². The molecule has 0 spiro atoms. The minimum Gasteiger partial charge on any atom is -0.468 e. The van der Waals surface area contributed by atoms with Crippen LogP contribution < -0.4 is 0 Å².